The lowest BCUT2D eigenvalue weighted by atomic mass is 10.2. The van der Waals surface area contributed by atoms with E-state index >= 15 is 0 Å². The first-order valence-electron chi connectivity index (χ1n) is 7.57. The zero-order valence-corrected chi connectivity index (χ0v) is 13.9. The molecule has 1 aromatic heterocycles. The molecule has 9 heteroatoms. The molecular formula is C15H21F5N2O2. The molecule has 0 amide bonds. The fraction of sp³-hybridized carbons (Fsp3) is 0.667. The Balaban J connectivity index is 0.00000139. The quantitative estimate of drug-likeness (QED) is 0.761. The molecule has 1 unspecified atom stereocenters. The van der Waals surface area contributed by atoms with Gasteiger partial charge in [-0.05, 0) is 19.9 Å². The van der Waals surface area contributed by atoms with Gasteiger partial charge in [0.25, 0.3) is 5.92 Å². The van der Waals surface area contributed by atoms with E-state index < -0.39 is 30.7 Å². The van der Waals surface area contributed by atoms with Gasteiger partial charge in [-0.3, -0.25) is 4.90 Å². The van der Waals surface area contributed by atoms with Gasteiger partial charge in [0.15, 0.2) is 6.10 Å². The standard InChI is InChI=1S/C13H15F5N2O2.C2H6/c1-8(2)20-6-10(12(14,15)7-20)21-11-4-3-9(5-19-11)22-13(16,17)18;1-2/h3-5,8,10H,6-7H2,1-2H3;1-2H3. The van der Waals surface area contributed by atoms with Crippen molar-refractivity contribution in [2.75, 3.05) is 13.1 Å². The fourth-order valence-electron chi connectivity index (χ4n) is 2.08. The Hall–Kier alpha value is -1.64. The van der Waals surface area contributed by atoms with E-state index in [1.807, 2.05) is 13.8 Å². The number of pyridine rings is 1. The molecule has 0 N–H and O–H groups in total. The number of rotatable bonds is 4. The Bertz CT molecular complexity index is 506. The summed E-state index contributed by atoms with van der Waals surface area (Å²) in [5.74, 6) is -3.76. The largest absolute Gasteiger partial charge is 0.573 e. The summed E-state index contributed by atoms with van der Waals surface area (Å²) in [5, 5.41) is 0. The molecule has 0 bridgehead atoms. The smallest absolute Gasteiger partial charge is 0.466 e. The summed E-state index contributed by atoms with van der Waals surface area (Å²) in [6, 6.07) is 1.97. The van der Waals surface area contributed by atoms with Crippen LogP contribution in [0.4, 0.5) is 22.0 Å². The maximum absolute atomic E-state index is 13.8. The van der Waals surface area contributed by atoms with Crippen LogP contribution < -0.4 is 9.47 Å². The van der Waals surface area contributed by atoms with Gasteiger partial charge in [0.2, 0.25) is 5.88 Å². The van der Waals surface area contributed by atoms with Gasteiger partial charge in [-0.15, -0.1) is 13.2 Å². The minimum absolute atomic E-state index is 0.0210. The van der Waals surface area contributed by atoms with Crippen LogP contribution in [0, 0.1) is 0 Å². The van der Waals surface area contributed by atoms with E-state index in [0.29, 0.717) is 0 Å². The van der Waals surface area contributed by atoms with Crippen LogP contribution in [0.1, 0.15) is 27.7 Å². The van der Waals surface area contributed by atoms with Crippen LogP contribution in [0.3, 0.4) is 0 Å². The Labute approximate surface area is 137 Å². The van der Waals surface area contributed by atoms with Crippen LogP contribution in [0.2, 0.25) is 0 Å². The SMILES string of the molecule is CC.CC(C)N1CC(Oc2ccc(OC(F)(F)F)cn2)C(F)(F)C1. The molecule has 1 aromatic rings. The van der Waals surface area contributed by atoms with Crippen LogP contribution in [0.15, 0.2) is 18.3 Å². The van der Waals surface area contributed by atoms with E-state index in [1.165, 1.54) is 0 Å². The maximum atomic E-state index is 13.8. The van der Waals surface area contributed by atoms with Crippen molar-refractivity contribution in [2.24, 2.45) is 0 Å². The topological polar surface area (TPSA) is 34.6 Å². The van der Waals surface area contributed by atoms with Crippen LogP contribution in [-0.2, 0) is 0 Å². The molecule has 0 aliphatic carbocycles. The summed E-state index contributed by atoms with van der Waals surface area (Å²) in [6.07, 6.45) is -5.45. The third-order valence-electron chi connectivity index (χ3n) is 3.22. The highest BCUT2D eigenvalue weighted by Gasteiger charge is 2.50. The zero-order valence-electron chi connectivity index (χ0n) is 13.9. The molecule has 0 saturated carbocycles. The van der Waals surface area contributed by atoms with Crippen molar-refractivity contribution in [2.45, 2.75) is 52.1 Å². The molecule has 2 heterocycles. The maximum Gasteiger partial charge on any atom is 0.573 e. The van der Waals surface area contributed by atoms with Crippen molar-refractivity contribution < 1.29 is 31.4 Å². The number of aromatic nitrogens is 1. The van der Waals surface area contributed by atoms with E-state index in [-0.39, 0.29) is 18.5 Å². The van der Waals surface area contributed by atoms with E-state index in [2.05, 4.69) is 9.72 Å². The van der Waals surface area contributed by atoms with Gasteiger partial charge < -0.3 is 9.47 Å². The molecule has 4 nitrogen and oxygen atoms in total. The second kappa shape index (κ2) is 7.96. The normalized spacial score (nSPS) is 20.5. The third kappa shape index (κ3) is 5.77. The highest BCUT2D eigenvalue weighted by molar-refractivity contribution is 5.23. The molecule has 1 atom stereocenters. The van der Waals surface area contributed by atoms with Gasteiger partial charge in [0.1, 0.15) is 5.75 Å². The van der Waals surface area contributed by atoms with Gasteiger partial charge in [0.05, 0.1) is 12.7 Å². The summed E-state index contributed by atoms with van der Waals surface area (Å²) in [5.41, 5.74) is 0. The molecule has 1 aliphatic rings. The summed E-state index contributed by atoms with van der Waals surface area (Å²) in [6.45, 7) is 7.18. The molecule has 0 radical (unpaired) electrons. The summed E-state index contributed by atoms with van der Waals surface area (Å²) in [7, 11) is 0. The predicted molar refractivity (Wildman–Crippen MR) is 78.3 cm³/mol. The first-order valence-corrected chi connectivity index (χ1v) is 7.57. The van der Waals surface area contributed by atoms with Crippen LogP contribution in [0.5, 0.6) is 11.6 Å². The number of hydrogen-bond acceptors (Lipinski definition) is 4. The first-order chi connectivity index (χ1) is 11.1. The van der Waals surface area contributed by atoms with Crippen LogP contribution in [0.25, 0.3) is 0 Å². The van der Waals surface area contributed by atoms with E-state index in [9.17, 15) is 22.0 Å². The summed E-state index contributed by atoms with van der Waals surface area (Å²) in [4.78, 5) is 5.12. The molecule has 2 rings (SSSR count). The number of alkyl halides is 5. The van der Waals surface area contributed by atoms with E-state index in [0.717, 1.165) is 18.3 Å². The molecule has 0 spiro atoms. The first kappa shape index (κ1) is 20.4. The highest BCUT2D eigenvalue weighted by atomic mass is 19.4. The van der Waals surface area contributed by atoms with Crippen molar-refractivity contribution >= 4 is 0 Å². The molecule has 24 heavy (non-hydrogen) atoms. The predicted octanol–water partition coefficient (Wildman–Crippen LogP) is 4.11. The summed E-state index contributed by atoms with van der Waals surface area (Å²) >= 11 is 0. The van der Waals surface area contributed by atoms with Gasteiger partial charge >= 0.3 is 6.36 Å². The van der Waals surface area contributed by atoms with Gasteiger partial charge in [-0.25, -0.2) is 13.8 Å². The van der Waals surface area contributed by atoms with Gasteiger partial charge in [-0.2, -0.15) is 0 Å². The van der Waals surface area contributed by atoms with Crippen molar-refractivity contribution in [3.63, 3.8) is 0 Å². The van der Waals surface area contributed by atoms with Crippen molar-refractivity contribution in [3.8, 4) is 11.6 Å². The number of nitrogens with zero attached hydrogens (tertiary/aromatic N) is 2. The lowest BCUT2D eigenvalue weighted by Crippen LogP contribution is -2.36. The number of halogens is 5. The minimum atomic E-state index is -4.83. The Kier molecular flexibility index (Phi) is 6.76. The Morgan fingerprint density at radius 2 is 1.88 bits per heavy atom. The molecule has 1 fully saturated rings. The Morgan fingerprint density at radius 3 is 2.29 bits per heavy atom. The van der Waals surface area contributed by atoms with E-state index in [4.69, 9.17) is 4.74 Å². The number of hydrogen-bond donors (Lipinski definition) is 0. The van der Waals surface area contributed by atoms with Crippen LogP contribution >= 0.6 is 0 Å². The van der Waals surface area contributed by atoms with Gasteiger partial charge in [-0.1, -0.05) is 13.8 Å². The minimum Gasteiger partial charge on any atom is -0.466 e. The second-order valence-corrected chi connectivity index (χ2v) is 5.27. The van der Waals surface area contributed by atoms with Crippen LogP contribution in [-0.4, -0.2) is 47.4 Å². The van der Waals surface area contributed by atoms with Crippen molar-refractivity contribution in [3.05, 3.63) is 18.3 Å². The Morgan fingerprint density at radius 1 is 1.25 bits per heavy atom. The van der Waals surface area contributed by atoms with Crippen molar-refractivity contribution in [1.29, 1.82) is 0 Å². The third-order valence-corrected chi connectivity index (χ3v) is 3.22. The average Bonchev–Trinajstić information content (AvgIpc) is 2.77. The lowest BCUT2D eigenvalue weighted by Gasteiger charge is -2.19. The highest BCUT2D eigenvalue weighted by Crippen LogP contribution is 2.32. The molecule has 138 valence electrons. The number of likely N-dealkylation sites (tertiary alicyclic amines) is 1. The number of ether oxygens (including phenoxy) is 2. The summed E-state index contributed by atoms with van der Waals surface area (Å²) < 4.78 is 72.4. The lowest BCUT2D eigenvalue weighted by molar-refractivity contribution is -0.274. The fourth-order valence-corrected chi connectivity index (χ4v) is 2.08. The van der Waals surface area contributed by atoms with Gasteiger partial charge in [0, 0.05) is 18.7 Å². The second-order valence-electron chi connectivity index (χ2n) is 5.27. The molecule has 0 aromatic carbocycles. The molecular weight excluding hydrogens is 335 g/mol. The zero-order chi connectivity index (χ0) is 18.5. The molecule has 1 saturated heterocycles. The monoisotopic (exact) mass is 356 g/mol. The molecule has 1 aliphatic heterocycles. The average molecular weight is 356 g/mol. The van der Waals surface area contributed by atoms with Crippen molar-refractivity contribution in [1.82, 2.24) is 9.88 Å². The van der Waals surface area contributed by atoms with E-state index in [1.54, 1.807) is 18.7 Å².